The summed E-state index contributed by atoms with van der Waals surface area (Å²) < 4.78 is 0. The highest BCUT2D eigenvalue weighted by Crippen LogP contribution is 2.33. The van der Waals surface area contributed by atoms with E-state index in [0.29, 0.717) is 12.0 Å². The summed E-state index contributed by atoms with van der Waals surface area (Å²) in [6.45, 7) is 3.61. The van der Waals surface area contributed by atoms with Crippen LogP contribution in [0.4, 0.5) is 10.5 Å². The van der Waals surface area contributed by atoms with Crippen LogP contribution in [-0.2, 0) is 17.8 Å². The smallest absolute Gasteiger partial charge is 0.324 e. The summed E-state index contributed by atoms with van der Waals surface area (Å²) in [5.74, 6) is -0.205. The molecule has 1 aromatic rings. The topological polar surface area (TPSA) is 64.1 Å². The standard InChI is InChI=1S/C22H31N3O3.ClH/c1-23-11-10-17-14-20(8-5-18(17)15-23)25-13-12-24(22(25)28)19-6-2-16(3-7-19)4-9-21(26)27;/h5,8,14,16,19H,2-4,6-7,9-13,15H2,1H3,(H,26,27);1H/t16-,19-;. The minimum atomic E-state index is -0.704. The quantitative estimate of drug-likeness (QED) is 0.786. The van der Waals surface area contributed by atoms with Crippen LogP contribution in [0.1, 0.15) is 49.7 Å². The van der Waals surface area contributed by atoms with Crippen LogP contribution >= 0.6 is 12.4 Å². The fourth-order valence-corrected chi connectivity index (χ4v) is 5.05. The van der Waals surface area contributed by atoms with Gasteiger partial charge < -0.3 is 14.9 Å². The molecule has 2 fully saturated rings. The Kier molecular flexibility index (Phi) is 7.06. The van der Waals surface area contributed by atoms with E-state index in [2.05, 4.69) is 35.0 Å². The normalized spacial score (nSPS) is 24.9. The number of nitrogens with zero attached hydrogens (tertiary/aromatic N) is 3. The number of carboxylic acids is 1. The highest BCUT2D eigenvalue weighted by Gasteiger charge is 2.36. The molecule has 160 valence electrons. The average Bonchev–Trinajstić information content (AvgIpc) is 3.07. The summed E-state index contributed by atoms with van der Waals surface area (Å²) in [6.07, 6.45) is 6.15. The highest BCUT2D eigenvalue weighted by molar-refractivity contribution is 5.94. The van der Waals surface area contributed by atoms with Crippen LogP contribution in [0.15, 0.2) is 18.2 Å². The summed E-state index contributed by atoms with van der Waals surface area (Å²) in [7, 11) is 2.15. The molecular weight excluding hydrogens is 390 g/mol. The van der Waals surface area contributed by atoms with Crippen molar-refractivity contribution < 1.29 is 14.7 Å². The Morgan fingerprint density at radius 3 is 2.59 bits per heavy atom. The lowest BCUT2D eigenvalue weighted by Crippen LogP contribution is -2.41. The third-order valence-corrected chi connectivity index (χ3v) is 6.77. The van der Waals surface area contributed by atoms with Crippen molar-refractivity contribution in [2.24, 2.45) is 5.92 Å². The number of urea groups is 1. The molecule has 0 spiro atoms. The van der Waals surface area contributed by atoms with Gasteiger partial charge in [-0.05, 0) is 74.8 Å². The van der Waals surface area contributed by atoms with E-state index >= 15 is 0 Å². The van der Waals surface area contributed by atoms with Gasteiger partial charge in [0.25, 0.3) is 0 Å². The lowest BCUT2D eigenvalue weighted by molar-refractivity contribution is -0.137. The van der Waals surface area contributed by atoms with Gasteiger partial charge >= 0.3 is 12.0 Å². The Balaban J connectivity index is 0.00000240. The monoisotopic (exact) mass is 421 g/mol. The Morgan fingerprint density at radius 2 is 1.86 bits per heavy atom. The first-order chi connectivity index (χ1) is 13.5. The van der Waals surface area contributed by atoms with E-state index in [1.807, 2.05) is 4.90 Å². The maximum Gasteiger partial charge on any atom is 0.324 e. The van der Waals surface area contributed by atoms with Crippen LogP contribution < -0.4 is 4.90 Å². The molecule has 1 aromatic carbocycles. The van der Waals surface area contributed by atoms with E-state index in [1.165, 1.54) is 11.1 Å². The molecule has 4 rings (SSSR count). The van der Waals surface area contributed by atoms with E-state index in [4.69, 9.17) is 5.11 Å². The Labute approximate surface area is 179 Å². The van der Waals surface area contributed by atoms with Crippen LogP contribution in [0.25, 0.3) is 0 Å². The number of carbonyl (C=O) groups excluding carboxylic acids is 1. The molecule has 0 aromatic heterocycles. The van der Waals surface area contributed by atoms with Crippen LogP contribution in [0.3, 0.4) is 0 Å². The second-order valence-corrected chi connectivity index (χ2v) is 8.68. The molecule has 6 nitrogen and oxygen atoms in total. The van der Waals surface area contributed by atoms with Crippen LogP contribution in [0.5, 0.6) is 0 Å². The number of aliphatic carboxylic acids is 1. The SMILES string of the molecule is CN1CCc2cc(N3CCN([C@H]4CC[C@H](CCC(=O)O)CC4)C3=O)ccc2C1.Cl. The van der Waals surface area contributed by atoms with E-state index in [0.717, 1.165) is 70.4 Å². The fourth-order valence-electron chi connectivity index (χ4n) is 5.05. The van der Waals surface area contributed by atoms with Crippen molar-refractivity contribution >= 4 is 30.1 Å². The van der Waals surface area contributed by atoms with Gasteiger partial charge in [-0.15, -0.1) is 12.4 Å². The van der Waals surface area contributed by atoms with Gasteiger partial charge in [0.1, 0.15) is 0 Å². The van der Waals surface area contributed by atoms with Gasteiger partial charge in [-0.25, -0.2) is 4.79 Å². The van der Waals surface area contributed by atoms with Crippen LogP contribution in [0, 0.1) is 5.92 Å². The van der Waals surface area contributed by atoms with Gasteiger partial charge in [-0.1, -0.05) is 6.07 Å². The van der Waals surface area contributed by atoms with E-state index in [9.17, 15) is 9.59 Å². The summed E-state index contributed by atoms with van der Waals surface area (Å²) in [5.41, 5.74) is 3.78. The van der Waals surface area contributed by atoms with Gasteiger partial charge in [0.05, 0.1) is 0 Å². The number of anilines is 1. The molecular formula is C22H32ClN3O3. The number of hydrogen-bond acceptors (Lipinski definition) is 3. The van der Waals surface area contributed by atoms with Gasteiger partial charge in [0.15, 0.2) is 0 Å². The maximum atomic E-state index is 13.1. The summed E-state index contributed by atoms with van der Waals surface area (Å²) >= 11 is 0. The number of carbonyl (C=O) groups is 2. The van der Waals surface area contributed by atoms with E-state index < -0.39 is 5.97 Å². The highest BCUT2D eigenvalue weighted by atomic mass is 35.5. The predicted molar refractivity (Wildman–Crippen MR) is 116 cm³/mol. The molecule has 7 heteroatoms. The van der Waals surface area contributed by atoms with Gasteiger partial charge in [0, 0.05) is 44.3 Å². The lowest BCUT2D eigenvalue weighted by Gasteiger charge is -2.34. The van der Waals surface area contributed by atoms with Crippen LogP contribution in [0.2, 0.25) is 0 Å². The van der Waals surface area contributed by atoms with Gasteiger partial charge in [-0.3, -0.25) is 9.69 Å². The summed E-state index contributed by atoms with van der Waals surface area (Å²) in [5, 5.41) is 8.87. The zero-order valence-corrected chi connectivity index (χ0v) is 18.0. The molecule has 2 amide bonds. The first-order valence-electron chi connectivity index (χ1n) is 10.6. The van der Waals surface area contributed by atoms with Crippen molar-refractivity contribution in [2.75, 3.05) is 31.6 Å². The zero-order valence-electron chi connectivity index (χ0n) is 17.2. The molecule has 1 N–H and O–H groups in total. The number of carboxylic acid groups (broad SMARTS) is 1. The zero-order chi connectivity index (χ0) is 19.7. The molecule has 1 saturated carbocycles. The molecule has 2 heterocycles. The lowest BCUT2D eigenvalue weighted by atomic mass is 9.83. The molecule has 0 unspecified atom stereocenters. The third-order valence-electron chi connectivity index (χ3n) is 6.77. The summed E-state index contributed by atoms with van der Waals surface area (Å²) in [6, 6.07) is 6.95. The number of benzene rings is 1. The minimum Gasteiger partial charge on any atom is -0.481 e. The molecule has 2 aliphatic heterocycles. The van der Waals surface area contributed by atoms with E-state index in [-0.39, 0.29) is 24.9 Å². The largest absolute Gasteiger partial charge is 0.481 e. The average molecular weight is 422 g/mol. The molecule has 0 atom stereocenters. The van der Waals surface area contributed by atoms with E-state index in [1.54, 1.807) is 0 Å². The summed E-state index contributed by atoms with van der Waals surface area (Å²) in [4.78, 5) is 30.2. The molecule has 0 bridgehead atoms. The third kappa shape index (κ3) is 4.86. The first kappa shape index (κ1) is 21.9. The molecule has 1 saturated heterocycles. The number of fused-ring (bicyclic) bond motifs is 1. The first-order valence-corrected chi connectivity index (χ1v) is 10.6. The Bertz CT molecular complexity index is 749. The van der Waals surface area contributed by atoms with Crippen molar-refractivity contribution in [3.8, 4) is 0 Å². The second kappa shape index (κ2) is 9.35. The van der Waals surface area contributed by atoms with Crippen LogP contribution in [-0.4, -0.2) is 59.6 Å². The second-order valence-electron chi connectivity index (χ2n) is 8.68. The van der Waals surface area contributed by atoms with Gasteiger partial charge in [-0.2, -0.15) is 0 Å². The predicted octanol–water partition coefficient (Wildman–Crippen LogP) is 3.76. The molecule has 0 radical (unpaired) electrons. The minimum absolute atomic E-state index is 0. The van der Waals surface area contributed by atoms with Crippen molar-refractivity contribution in [1.82, 2.24) is 9.80 Å². The Morgan fingerprint density at radius 1 is 1.10 bits per heavy atom. The van der Waals surface area contributed by atoms with Crippen molar-refractivity contribution in [3.05, 3.63) is 29.3 Å². The Hall–Kier alpha value is -1.79. The fraction of sp³-hybridized carbons (Fsp3) is 0.636. The number of likely N-dealkylation sites (N-methyl/N-ethyl adjacent to an activating group) is 1. The molecule has 29 heavy (non-hydrogen) atoms. The number of hydrogen-bond donors (Lipinski definition) is 1. The number of rotatable bonds is 5. The maximum absolute atomic E-state index is 13.1. The number of amides is 2. The molecule has 3 aliphatic rings. The van der Waals surface area contributed by atoms with Crippen molar-refractivity contribution in [2.45, 2.75) is 57.5 Å². The number of halogens is 1. The van der Waals surface area contributed by atoms with Crippen molar-refractivity contribution in [3.63, 3.8) is 0 Å². The van der Waals surface area contributed by atoms with Gasteiger partial charge in [0.2, 0.25) is 0 Å². The van der Waals surface area contributed by atoms with Crippen molar-refractivity contribution in [1.29, 1.82) is 0 Å². The molecule has 1 aliphatic carbocycles.